The molecule has 0 unspecified atom stereocenters. The first-order chi connectivity index (χ1) is 9.74. The zero-order chi connectivity index (χ0) is 14.8. The number of aliphatic hydroxyl groups excluding tert-OH is 1. The Morgan fingerprint density at radius 2 is 1.65 bits per heavy atom. The van der Waals surface area contributed by atoms with E-state index in [1.165, 1.54) is 0 Å². The molecular weight excluding hydrogens is 254 g/mol. The summed E-state index contributed by atoms with van der Waals surface area (Å²) < 4.78 is 10.9. The summed E-state index contributed by atoms with van der Waals surface area (Å²) in [6, 6.07) is 8.11. The topological polar surface area (TPSA) is 41.9 Å². The van der Waals surface area contributed by atoms with Crippen molar-refractivity contribution >= 4 is 0 Å². The van der Waals surface area contributed by atoms with Crippen molar-refractivity contribution in [2.75, 3.05) is 33.4 Å². The highest BCUT2D eigenvalue weighted by Crippen LogP contribution is 2.17. The van der Waals surface area contributed by atoms with E-state index >= 15 is 0 Å². The number of benzene rings is 1. The lowest BCUT2D eigenvalue weighted by molar-refractivity contribution is 0.122. The van der Waals surface area contributed by atoms with Gasteiger partial charge in [0.25, 0.3) is 0 Å². The summed E-state index contributed by atoms with van der Waals surface area (Å²) >= 11 is 0. The number of rotatable bonds is 10. The molecule has 0 saturated heterocycles. The van der Waals surface area contributed by atoms with Crippen molar-refractivity contribution in [1.82, 2.24) is 4.90 Å². The zero-order valence-electron chi connectivity index (χ0n) is 12.8. The Morgan fingerprint density at radius 1 is 1.05 bits per heavy atom. The SMILES string of the molecule is CCC(CC)N(CCO)CCOc1ccc(OC)cc1. The molecule has 0 aliphatic carbocycles. The average molecular weight is 281 g/mol. The third-order valence-electron chi connectivity index (χ3n) is 3.55. The maximum absolute atomic E-state index is 9.15. The fourth-order valence-corrected chi connectivity index (χ4v) is 2.36. The van der Waals surface area contributed by atoms with Gasteiger partial charge in [-0.2, -0.15) is 0 Å². The highest BCUT2D eigenvalue weighted by Gasteiger charge is 2.14. The molecule has 0 atom stereocenters. The average Bonchev–Trinajstić information content (AvgIpc) is 2.49. The van der Waals surface area contributed by atoms with E-state index in [1.54, 1.807) is 7.11 Å². The van der Waals surface area contributed by atoms with E-state index in [1.807, 2.05) is 24.3 Å². The maximum Gasteiger partial charge on any atom is 0.119 e. The minimum Gasteiger partial charge on any atom is -0.497 e. The van der Waals surface area contributed by atoms with Crippen LogP contribution in [0.1, 0.15) is 26.7 Å². The second kappa shape index (κ2) is 9.61. The first kappa shape index (κ1) is 16.8. The Balaban J connectivity index is 2.42. The summed E-state index contributed by atoms with van der Waals surface area (Å²) in [6.45, 7) is 6.73. The monoisotopic (exact) mass is 281 g/mol. The molecule has 4 heteroatoms. The summed E-state index contributed by atoms with van der Waals surface area (Å²) in [5.74, 6) is 1.68. The molecule has 114 valence electrons. The van der Waals surface area contributed by atoms with Crippen molar-refractivity contribution in [3.05, 3.63) is 24.3 Å². The van der Waals surface area contributed by atoms with Gasteiger partial charge in [-0.25, -0.2) is 0 Å². The molecule has 1 aromatic carbocycles. The van der Waals surface area contributed by atoms with E-state index < -0.39 is 0 Å². The first-order valence-corrected chi connectivity index (χ1v) is 7.36. The van der Waals surface area contributed by atoms with E-state index in [0.717, 1.165) is 30.9 Å². The van der Waals surface area contributed by atoms with Crippen LogP contribution in [0.25, 0.3) is 0 Å². The minimum atomic E-state index is 0.193. The summed E-state index contributed by atoms with van der Waals surface area (Å²) in [5, 5.41) is 9.15. The van der Waals surface area contributed by atoms with E-state index in [9.17, 15) is 0 Å². The van der Waals surface area contributed by atoms with Crippen molar-refractivity contribution in [3.63, 3.8) is 0 Å². The molecule has 0 saturated carbocycles. The van der Waals surface area contributed by atoms with Crippen LogP contribution in [0.4, 0.5) is 0 Å². The minimum absolute atomic E-state index is 0.193. The number of nitrogens with zero attached hydrogens (tertiary/aromatic N) is 1. The Morgan fingerprint density at radius 3 is 2.15 bits per heavy atom. The molecule has 0 aromatic heterocycles. The highest BCUT2D eigenvalue weighted by atomic mass is 16.5. The van der Waals surface area contributed by atoms with E-state index in [0.29, 0.717) is 19.2 Å². The van der Waals surface area contributed by atoms with Gasteiger partial charge >= 0.3 is 0 Å². The predicted octanol–water partition coefficient (Wildman–Crippen LogP) is 2.56. The van der Waals surface area contributed by atoms with Gasteiger partial charge in [-0.15, -0.1) is 0 Å². The number of ether oxygens (including phenoxy) is 2. The molecule has 1 aromatic rings. The van der Waals surface area contributed by atoms with Crippen molar-refractivity contribution in [2.45, 2.75) is 32.7 Å². The van der Waals surface area contributed by atoms with Crippen LogP contribution in [0.5, 0.6) is 11.5 Å². The fourth-order valence-electron chi connectivity index (χ4n) is 2.36. The molecule has 20 heavy (non-hydrogen) atoms. The van der Waals surface area contributed by atoms with Gasteiger partial charge in [0.15, 0.2) is 0 Å². The summed E-state index contributed by atoms with van der Waals surface area (Å²) in [5.41, 5.74) is 0. The molecule has 0 aliphatic heterocycles. The molecule has 0 radical (unpaired) electrons. The highest BCUT2D eigenvalue weighted by molar-refractivity contribution is 5.31. The summed E-state index contributed by atoms with van der Waals surface area (Å²) in [6.07, 6.45) is 2.19. The smallest absolute Gasteiger partial charge is 0.119 e. The largest absolute Gasteiger partial charge is 0.497 e. The van der Waals surface area contributed by atoms with E-state index in [4.69, 9.17) is 14.6 Å². The number of hydrogen-bond acceptors (Lipinski definition) is 4. The normalized spacial score (nSPS) is 11.1. The third-order valence-corrected chi connectivity index (χ3v) is 3.55. The fraction of sp³-hybridized carbons (Fsp3) is 0.625. The zero-order valence-corrected chi connectivity index (χ0v) is 12.8. The molecule has 4 nitrogen and oxygen atoms in total. The van der Waals surface area contributed by atoms with Crippen molar-refractivity contribution < 1.29 is 14.6 Å². The summed E-state index contributed by atoms with van der Waals surface area (Å²) in [7, 11) is 1.65. The lowest BCUT2D eigenvalue weighted by Crippen LogP contribution is -2.39. The van der Waals surface area contributed by atoms with Gasteiger partial charge in [0.2, 0.25) is 0 Å². The molecule has 0 fully saturated rings. The van der Waals surface area contributed by atoms with Crippen LogP contribution in [0, 0.1) is 0 Å². The third kappa shape index (κ3) is 5.39. The lowest BCUT2D eigenvalue weighted by Gasteiger charge is -2.29. The van der Waals surface area contributed by atoms with E-state index in [2.05, 4.69) is 18.7 Å². The second-order valence-electron chi connectivity index (χ2n) is 4.75. The predicted molar refractivity (Wildman–Crippen MR) is 81.5 cm³/mol. The number of methoxy groups -OCH3 is 1. The Bertz CT molecular complexity index is 349. The Labute approximate surface area is 122 Å². The van der Waals surface area contributed by atoms with Crippen LogP contribution in [0.3, 0.4) is 0 Å². The Kier molecular flexibility index (Phi) is 8.07. The van der Waals surface area contributed by atoms with Crippen LogP contribution < -0.4 is 9.47 Å². The van der Waals surface area contributed by atoms with Crippen LogP contribution in [-0.4, -0.2) is 49.5 Å². The van der Waals surface area contributed by atoms with Crippen LogP contribution in [0.15, 0.2) is 24.3 Å². The molecule has 0 heterocycles. The van der Waals surface area contributed by atoms with Crippen LogP contribution in [0.2, 0.25) is 0 Å². The molecular formula is C16H27NO3. The Hall–Kier alpha value is -1.26. The first-order valence-electron chi connectivity index (χ1n) is 7.36. The molecule has 0 bridgehead atoms. The second-order valence-corrected chi connectivity index (χ2v) is 4.75. The summed E-state index contributed by atoms with van der Waals surface area (Å²) in [4.78, 5) is 2.30. The van der Waals surface area contributed by atoms with Gasteiger partial charge in [0, 0.05) is 19.1 Å². The quantitative estimate of drug-likeness (QED) is 0.715. The molecule has 0 amide bonds. The van der Waals surface area contributed by atoms with Gasteiger partial charge in [-0.05, 0) is 37.1 Å². The van der Waals surface area contributed by atoms with Gasteiger partial charge < -0.3 is 14.6 Å². The molecule has 0 aliphatic rings. The van der Waals surface area contributed by atoms with Gasteiger partial charge in [0.1, 0.15) is 18.1 Å². The van der Waals surface area contributed by atoms with Gasteiger partial charge in [-0.3, -0.25) is 4.90 Å². The molecule has 1 rings (SSSR count). The van der Waals surface area contributed by atoms with E-state index in [-0.39, 0.29) is 6.61 Å². The van der Waals surface area contributed by atoms with Crippen LogP contribution in [-0.2, 0) is 0 Å². The van der Waals surface area contributed by atoms with Crippen molar-refractivity contribution in [1.29, 1.82) is 0 Å². The van der Waals surface area contributed by atoms with Gasteiger partial charge in [0.05, 0.1) is 13.7 Å². The molecule has 0 spiro atoms. The maximum atomic E-state index is 9.15. The number of hydrogen-bond donors (Lipinski definition) is 1. The van der Waals surface area contributed by atoms with Crippen molar-refractivity contribution in [3.8, 4) is 11.5 Å². The van der Waals surface area contributed by atoms with Gasteiger partial charge in [-0.1, -0.05) is 13.8 Å². The standard InChI is InChI=1S/C16H27NO3/c1-4-14(5-2)17(10-12-18)11-13-20-16-8-6-15(19-3)7-9-16/h6-9,14,18H,4-5,10-13H2,1-3H3. The number of aliphatic hydroxyl groups is 1. The lowest BCUT2D eigenvalue weighted by atomic mass is 10.1. The van der Waals surface area contributed by atoms with Crippen LogP contribution >= 0.6 is 0 Å². The van der Waals surface area contributed by atoms with Crippen molar-refractivity contribution in [2.24, 2.45) is 0 Å². The molecule has 1 N–H and O–H groups in total.